The van der Waals surface area contributed by atoms with Crippen LogP contribution < -0.4 is 5.32 Å². The van der Waals surface area contributed by atoms with Gasteiger partial charge >= 0.3 is 12.1 Å². The van der Waals surface area contributed by atoms with Crippen molar-refractivity contribution < 1.29 is 23.9 Å². The molecule has 2 N–H and O–H groups in total. The first kappa shape index (κ1) is 24.6. The van der Waals surface area contributed by atoms with E-state index in [2.05, 4.69) is 27.5 Å². The number of amides is 1. The third kappa shape index (κ3) is 5.11. The summed E-state index contributed by atoms with van der Waals surface area (Å²) < 4.78 is 6.26. The number of fused-ring (bicyclic) bond motifs is 3. The predicted molar refractivity (Wildman–Crippen MR) is 132 cm³/mol. The van der Waals surface area contributed by atoms with Crippen LogP contribution >= 0.6 is 0 Å². The molecule has 0 aromatic heterocycles. The van der Waals surface area contributed by atoms with E-state index in [4.69, 9.17) is 10.3 Å². The Balaban J connectivity index is 1.51. The number of likely N-dealkylation sites (tertiary alicyclic amines) is 1. The number of aliphatic carboxylic acids is 1. The monoisotopic (exact) mass is 478 g/mol. The third-order valence-electron chi connectivity index (χ3n) is 7.42. The van der Waals surface area contributed by atoms with Gasteiger partial charge in [-0.3, -0.25) is 0 Å². The highest BCUT2D eigenvalue weighted by Gasteiger charge is 2.50. The lowest BCUT2D eigenvalue weighted by molar-refractivity contribution is -0.903. The smallest absolute Gasteiger partial charge is 0.407 e. The van der Waals surface area contributed by atoms with Crippen molar-refractivity contribution in [1.82, 2.24) is 5.32 Å². The molecule has 4 rings (SSSR count). The second-order valence-corrected chi connectivity index (χ2v) is 10.2. The molecule has 2 aromatic rings. The highest BCUT2D eigenvalue weighted by atomic mass is 16.5. The van der Waals surface area contributed by atoms with Gasteiger partial charge in [0.2, 0.25) is 0 Å². The van der Waals surface area contributed by atoms with E-state index in [0.717, 1.165) is 35.2 Å². The van der Waals surface area contributed by atoms with Gasteiger partial charge in [-0.25, -0.2) is 9.59 Å². The minimum atomic E-state index is -1.15. The van der Waals surface area contributed by atoms with Gasteiger partial charge in [-0.15, -0.1) is 0 Å². The summed E-state index contributed by atoms with van der Waals surface area (Å²) in [4.78, 5) is 28.1. The molecular formula is C26H32N5O4+. The maximum atomic E-state index is 12.9. The Kier molecular flexibility index (Phi) is 7.00. The first-order chi connectivity index (χ1) is 16.8. The number of nitrogens with one attached hydrogen (secondary N) is 1. The van der Waals surface area contributed by atoms with Gasteiger partial charge < -0.3 is 19.6 Å². The lowest BCUT2D eigenvalue weighted by Gasteiger charge is -2.48. The number of hydrogen-bond donors (Lipinski definition) is 2. The normalized spacial score (nSPS) is 21.2. The van der Waals surface area contributed by atoms with Crippen LogP contribution in [0, 0.1) is 5.41 Å². The van der Waals surface area contributed by atoms with Crippen LogP contribution in [0.25, 0.3) is 21.6 Å². The van der Waals surface area contributed by atoms with E-state index < -0.39 is 23.5 Å². The van der Waals surface area contributed by atoms with Crippen molar-refractivity contribution in [1.29, 1.82) is 0 Å². The van der Waals surface area contributed by atoms with Crippen molar-refractivity contribution in [3.8, 4) is 11.1 Å². The summed E-state index contributed by atoms with van der Waals surface area (Å²) in [6, 6.07) is 15.0. The Labute approximate surface area is 204 Å². The third-order valence-corrected chi connectivity index (χ3v) is 7.42. The Morgan fingerprint density at radius 2 is 1.83 bits per heavy atom. The van der Waals surface area contributed by atoms with Crippen molar-refractivity contribution in [2.24, 2.45) is 10.5 Å². The van der Waals surface area contributed by atoms with E-state index in [9.17, 15) is 14.7 Å². The van der Waals surface area contributed by atoms with Crippen LogP contribution in [-0.4, -0.2) is 68.0 Å². The second kappa shape index (κ2) is 9.98. The Hall–Kier alpha value is -3.55. The summed E-state index contributed by atoms with van der Waals surface area (Å²) >= 11 is 0. The fourth-order valence-corrected chi connectivity index (χ4v) is 6.01. The van der Waals surface area contributed by atoms with Crippen LogP contribution in [0.3, 0.4) is 0 Å². The Bertz CT molecular complexity index is 1110. The van der Waals surface area contributed by atoms with Crippen molar-refractivity contribution in [2.45, 2.75) is 31.2 Å². The van der Waals surface area contributed by atoms with Crippen LogP contribution in [0.5, 0.6) is 0 Å². The van der Waals surface area contributed by atoms with Gasteiger partial charge in [0.1, 0.15) is 12.6 Å². The van der Waals surface area contributed by atoms with Crippen molar-refractivity contribution >= 4 is 12.1 Å². The molecule has 0 radical (unpaired) electrons. The van der Waals surface area contributed by atoms with Crippen LogP contribution in [0.1, 0.15) is 36.3 Å². The fourth-order valence-electron chi connectivity index (χ4n) is 6.01. The summed E-state index contributed by atoms with van der Waals surface area (Å²) in [5.74, 6) is -1.22. The van der Waals surface area contributed by atoms with E-state index >= 15 is 0 Å². The van der Waals surface area contributed by atoms with Crippen LogP contribution in [0.4, 0.5) is 4.79 Å². The minimum absolute atomic E-state index is 0.111. The molecule has 0 spiro atoms. The van der Waals surface area contributed by atoms with E-state index in [0.29, 0.717) is 23.9 Å². The van der Waals surface area contributed by atoms with Crippen LogP contribution in [0.2, 0.25) is 0 Å². The molecule has 0 saturated carbocycles. The standard InChI is InChI=1S/C26H31N5O4/c1-31(2)15-7-12-26(17-31,13-14-28-30-27)23(24(32)33)29-25(34)35-16-22-20-10-5-3-8-18(20)19-9-4-6-11-21(19)22/h3-6,8-11,22-23H,7,12-17H2,1-2H3,(H-,29,32,33,34)/p+1/t23-,26+/m0/s1. The van der Waals surface area contributed by atoms with Gasteiger partial charge in [0.25, 0.3) is 0 Å². The van der Waals surface area contributed by atoms with Crippen molar-refractivity contribution in [2.75, 3.05) is 40.3 Å². The first-order valence-corrected chi connectivity index (χ1v) is 11.9. The van der Waals surface area contributed by atoms with Crippen LogP contribution in [-0.2, 0) is 9.53 Å². The zero-order valence-electron chi connectivity index (χ0n) is 20.2. The number of nitrogens with zero attached hydrogens (tertiary/aromatic N) is 4. The number of rotatable bonds is 8. The van der Waals surface area contributed by atoms with Crippen LogP contribution in [0.15, 0.2) is 53.6 Å². The summed E-state index contributed by atoms with van der Waals surface area (Å²) in [5, 5.41) is 16.4. The topological polar surface area (TPSA) is 124 Å². The minimum Gasteiger partial charge on any atom is -0.480 e. The lowest BCUT2D eigenvalue weighted by Crippen LogP contribution is -2.63. The molecule has 1 aliphatic heterocycles. The SMILES string of the molecule is C[N+]1(C)CCC[C@](CCN=[N+]=[N-])([C@@H](NC(=O)OCC2c3ccccc3-c3ccccc32)C(=O)O)C1. The Morgan fingerprint density at radius 1 is 1.20 bits per heavy atom. The molecule has 1 aliphatic carbocycles. The number of alkyl carbamates (subject to hydrolysis) is 1. The van der Waals surface area contributed by atoms with Gasteiger partial charge in [-0.1, -0.05) is 53.6 Å². The number of azide groups is 1. The summed E-state index contributed by atoms with van der Waals surface area (Å²) in [7, 11) is 4.10. The van der Waals surface area contributed by atoms with E-state index in [1.165, 1.54) is 0 Å². The molecule has 1 saturated heterocycles. The molecule has 35 heavy (non-hydrogen) atoms. The molecule has 0 bridgehead atoms. The molecule has 9 heteroatoms. The number of benzene rings is 2. The number of quaternary nitrogens is 1. The summed E-state index contributed by atoms with van der Waals surface area (Å²) in [6.07, 6.45) is 1.06. The summed E-state index contributed by atoms with van der Waals surface area (Å²) in [5.41, 5.74) is 12.4. The van der Waals surface area contributed by atoms with Gasteiger partial charge in [0, 0.05) is 17.4 Å². The molecule has 2 aromatic carbocycles. The molecule has 2 atom stereocenters. The largest absolute Gasteiger partial charge is 0.480 e. The number of carboxylic acids is 1. The molecule has 1 fully saturated rings. The number of ether oxygens (including phenoxy) is 1. The fraction of sp³-hybridized carbons (Fsp3) is 0.462. The second-order valence-electron chi connectivity index (χ2n) is 10.2. The zero-order valence-corrected chi connectivity index (χ0v) is 20.2. The van der Waals surface area contributed by atoms with Gasteiger partial charge in [-0.2, -0.15) is 0 Å². The van der Waals surface area contributed by atoms with Gasteiger partial charge in [0.05, 0.1) is 32.6 Å². The van der Waals surface area contributed by atoms with Crippen molar-refractivity contribution in [3.05, 3.63) is 70.1 Å². The molecule has 0 unspecified atom stereocenters. The molecule has 184 valence electrons. The summed E-state index contributed by atoms with van der Waals surface area (Å²) in [6.45, 7) is 1.75. The van der Waals surface area contributed by atoms with E-state index in [1.54, 1.807) is 0 Å². The lowest BCUT2D eigenvalue weighted by atomic mass is 9.70. The number of piperidine rings is 1. The number of hydrogen-bond acceptors (Lipinski definition) is 4. The highest BCUT2D eigenvalue weighted by Crippen LogP contribution is 2.44. The molecule has 2 aliphatic rings. The van der Waals surface area contributed by atoms with Gasteiger partial charge in [0.15, 0.2) is 0 Å². The predicted octanol–water partition coefficient (Wildman–Crippen LogP) is 4.54. The quantitative estimate of drug-likeness (QED) is 0.250. The average molecular weight is 479 g/mol. The van der Waals surface area contributed by atoms with Gasteiger partial charge in [-0.05, 0) is 47.0 Å². The first-order valence-electron chi connectivity index (χ1n) is 11.9. The maximum absolute atomic E-state index is 12.9. The van der Waals surface area contributed by atoms with E-state index in [1.807, 2.05) is 50.5 Å². The Morgan fingerprint density at radius 3 is 2.40 bits per heavy atom. The van der Waals surface area contributed by atoms with Crippen molar-refractivity contribution in [3.63, 3.8) is 0 Å². The number of carbonyl (C=O) groups is 2. The molecular weight excluding hydrogens is 446 g/mol. The average Bonchev–Trinajstić information content (AvgIpc) is 3.14. The molecule has 9 nitrogen and oxygen atoms in total. The zero-order chi connectivity index (χ0) is 25.1. The molecule has 1 amide bonds. The highest BCUT2D eigenvalue weighted by molar-refractivity contribution is 5.81. The number of carbonyl (C=O) groups excluding carboxylic acids is 1. The number of carboxylic acid groups (broad SMARTS) is 1. The van der Waals surface area contributed by atoms with E-state index in [-0.39, 0.29) is 19.1 Å². The molecule has 1 heterocycles. The maximum Gasteiger partial charge on any atom is 0.407 e.